The number of aromatic nitrogens is 1. The van der Waals surface area contributed by atoms with Crippen LogP contribution in [0.4, 0.5) is 16.2 Å². The first-order valence-electron chi connectivity index (χ1n) is 15.1. The van der Waals surface area contributed by atoms with E-state index < -0.39 is 0 Å². The predicted octanol–water partition coefficient (Wildman–Crippen LogP) is 6.05. The molecule has 6 rings (SSSR count). The lowest BCUT2D eigenvalue weighted by atomic mass is 10.0. The number of ether oxygens (including phenoxy) is 2. The Morgan fingerprint density at radius 2 is 1.49 bits per heavy atom. The van der Waals surface area contributed by atoms with E-state index in [9.17, 15) is 4.79 Å². The Morgan fingerprint density at radius 3 is 2.12 bits per heavy atom. The van der Waals surface area contributed by atoms with Crippen molar-refractivity contribution in [3.8, 4) is 28.3 Å². The number of rotatable bonds is 8. The lowest BCUT2D eigenvalue weighted by Gasteiger charge is -2.35. The minimum Gasteiger partial charge on any atom is -0.497 e. The number of methoxy groups -OCH3 is 1. The molecular formula is C35H39N5O3. The van der Waals surface area contributed by atoms with E-state index in [1.54, 1.807) is 12.0 Å². The molecule has 0 bridgehead atoms. The molecule has 4 aromatic rings. The third-order valence-corrected chi connectivity index (χ3v) is 8.19. The number of piperidine rings is 1. The van der Waals surface area contributed by atoms with Gasteiger partial charge in [-0.2, -0.15) is 0 Å². The van der Waals surface area contributed by atoms with E-state index >= 15 is 0 Å². The van der Waals surface area contributed by atoms with Crippen LogP contribution in [0.3, 0.4) is 0 Å². The monoisotopic (exact) mass is 577 g/mol. The Hall–Kier alpha value is -4.56. The number of amides is 1. The summed E-state index contributed by atoms with van der Waals surface area (Å²) in [5.74, 6) is 0.827. The number of hydrogen-bond acceptors (Lipinski definition) is 7. The number of pyridine rings is 1. The van der Waals surface area contributed by atoms with E-state index in [0.717, 1.165) is 84.2 Å². The second-order valence-electron chi connectivity index (χ2n) is 11.1. The zero-order valence-corrected chi connectivity index (χ0v) is 24.7. The van der Waals surface area contributed by atoms with Gasteiger partial charge in [0.1, 0.15) is 12.4 Å². The molecular weight excluding hydrogens is 538 g/mol. The normalized spacial score (nSPS) is 15.7. The van der Waals surface area contributed by atoms with Gasteiger partial charge in [0, 0.05) is 54.7 Å². The Bertz CT molecular complexity index is 1480. The quantitative estimate of drug-likeness (QED) is 0.264. The lowest BCUT2D eigenvalue weighted by Crippen LogP contribution is -2.48. The fourth-order valence-corrected chi connectivity index (χ4v) is 5.67. The third kappa shape index (κ3) is 7.27. The van der Waals surface area contributed by atoms with Gasteiger partial charge in [0.15, 0.2) is 0 Å². The first-order chi connectivity index (χ1) is 21.1. The smallest absolute Gasteiger partial charge is 0.410 e. The summed E-state index contributed by atoms with van der Waals surface area (Å²) >= 11 is 0. The van der Waals surface area contributed by atoms with Crippen LogP contribution in [0.25, 0.3) is 22.5 Å². The molecule has 0 radical (unpaired) electrons. The maximum Gasteiger partial charge on any atom is 0.410 e. The van der Waals surface area contributed by atoms with Crippen molar-refractivity contribution in [2.45, 2.75) is 25.5 Å². The molecule has 2 aliphatic heterocycles. The molecule has 2 saturated heterocycles. The van der Waals surface area contributed by atoms with Gasteiger partial charge >= 0.3 is 6.09 Å². The molecule has 2 aliphatic rings. The highest BCUT2D eigenvalue weighted by Crippen LogP contribution is 2.30. The summed E-state index contributed by atoms with van der Waals surface area (Å²) in [5, 5.41) is 7.21. The maximum absolute atomic E-state index is 12.6. The number of nitrogens with zero attached hydrogens (tertiary/aromatic N) is 3. The van der Waals surface area contributed by atoms with Gasteiger partial charge in [-0.25, -0.2) is 9.78 Å². The van der Waals surface area contributed by atoms with E-state index in [-0.39, 0.29) is 6.09 Å². The summed E-state index contributed by atoms with van der Waals surface area (Å²) in [6.07, 6.45) is 1.94. The van der Waals surface area contributed by atoms with Gasteiger partial charge in [0.25, 0.3) is 0 Å². The van der Waals surface area contributed by atoms with Gasteiger partial charge < -0.3 is 29.9 Å². The molecule has 0 unspecified atom stereocenters. The minimum absolute atomic E-state index is 0.254. The van der Waals surface area contributed by atoms with Crippen molar-refractivity contribution >= 4 is 17.5 Å². The highest BCUT2D eigenvalue weighted by Gasteiger charge is 2.23. The van der Waals surface area contributed by atoms with Crippen molar-refractivity contribution in [2.24, 2.45) is 0 Å². The molecule has 2 N–H and O–H groups in total. The summed E-state index contributed by atoms with van der Waals surface area (Å²) < 4.78 is 10.9. The van der Waals surface area contributed by atoms with Crippen LogP contribution < -0.4 is 20.3 Å². The third-order valence-electron chi connectivity index (χ3n) is 8.19. The van der Waals surface area contributed by atoms with Crippen molar-refractivity contribution in [3.05, 3.63) is 96.6 Å². The van der Waals surface area contributed by atoms with Crippen LogP contribution in [0.5, 0.6) is 5.75 Å². The molecule has 2 fully saturated rings. The average Bonchev–Trinajstić information content (AvgIpc) is 3.08. The number of piperazine rings is 1. The van der Waals surface area contributed by atoms with Crippen LogP contribution in [0, 0.1) is 0 Å². The maximum atomic E-state index is 12.6. The zero-order valence-electron chi connectivity index (χ0n) is 24.7. The lowest BCUT2D eigenvalue weighted by molar-refractivity contribution is 0.0942. The van der Waals surface area contributed by atoms with E-state index in [1.807, 2.05) is 42.5 Å². The standard InChI is InChI=1S/C35H39N5O3/c1-42-32-13-9-28(10-14-32)34-24-30(37-29-15-17-36-18-16-29)23-33(38-34)27-7-11-31(12-8-27)39-19-21-40(22-20-39)35(41)43-25-26-5-3-2-4-6-26/h2-14,23-24,29,36H,15-22,25H2,1H3,(H,37,38). The molecule has 3 aromatic carbocycles. The van der Waals surface area contributed by atoms with Crippen LogP contribution in [-0.2, 0) is 11.3 Å². The van der Waals surface area contributed by atoms with Crippen LogP contribution in [-0.4, -0.2) is 68.4 Å². The van der Waals surface area contributed by atoms with Gasteiger partial charge in [-0.05, 0) is 80.0 Å². The van der Waals surface area contributed by atoms with Gasteiger partial charge in [-0.3, -0.25) is 0 Å². The number of benzene rings is 3. The van der Waals surface area contributed by atoms with Crippen molar-refractivity contribution < 1.29 is 14.3 Å². The van der Waals surface area contributed by atoms with E-state index in [0.29, 0.717) is 25.7 Å². The molecule has 0 saturated carbocycles. The molecule has 0 spiro atoms. The first kappa shape index (κ1) is 28.6. The number of carbonyl (C=O) groups is 1. The summed E-state index contributed by atoms with van der Waals surface area (Å²) in [5.41, 5.74) is 7.19. The Labute approximate surface area is 253 Å². The number of nitrogens with one attached hydrogen (secondary N) is 2. The molecule has 8 nitrogen and oxygen atoms in total. The van der Waals surface area contributed by atoms with Gasteiger partial charge in [-0.1, -0.05) is 42.5 Å². The SMILES string of the molecule is COc1ccc(-c2cc(NC3CCNCC3)cc(-c3ccc(N4CCN(C(=O)OCc5ccccc5)CC4)cc3)n2)cc1. The van der Waals surface area contributed by atoms with Crippen LogP contribution in [0.1, 0.15) is 18.4 Å². The summed E-state index contributed by atoms with van der Waals surface area (Å²) in [6.45, 7) is 5.14. The van der Waals surface area contributed by atoms with Crippen LogP contribution in [0.2, 0.25) is 0 Å². The molecule has 222 valence electrons. The Kier molecular flexibility index (Phi) is 9.04. The van der Waals surface area contributed by atoms with Gasteiger partial charge in [-0.15, -0.1) is 0 Å². The highest BCUT2D eigenvalue weighted by molar-refractivity contribution is 5.73. The number of anilines is 2. The first-order valence-corrected chi connectivity index (χ1v) is 15.1. The largest absolute Gasteiger partial charge is 0.497 e. The van der Waals surface area contributed by atoms with Crippen LogP contribution in [0.15, 0.2) is 91.0 Å². The number of carbonyl (C=O) groups excluding carboxylic acids is 1. The fraction of sp³-hybridized carbons (Fsp3) is 0.314. The Balaban J connectivity index is 1.13. The second-order valence-corrected chi connectivity index (χ2v) is 11.1. The minimum atomic E-state index is -0.254. The molecule has 0 aliphatic carbocycles. The highest BCUT2D eigenvalue weighted by atomic mass is 16.6. The van der Waals surface area contributed by atoms with Gasteiger partial charge in [0.05, 0.1) is 18.5 Å². The number of hydrogen-bond donors (Lipinski definition) is 2. The van der Waals surface area contributed by atoms with Crippen LogP contribution >= 0.6 is 0 Å². The molecule has 0 atom stereocenters. The van der Waals surface area contributed by atoms with Crippen molar-refractivity contribution in [1.29, 1.82) is 0 Å². The van der Waals surface area contributed by atoms with E-state index in [4.69, 9.17) is 14.5 Å². The van der Waals surface area contributed by atoms with Crippen molar-refractivity contribution in [3.63, 3.8) is 0 Å². The van der Waals surface area contributed by atoms with Crippen molar-refractivity contribution in [1.82, 2.24) is 15.2 Å². The fourth-order valence-electron chi connectivity index (χ4n) is 5.67. The molecule has 8 heteroatoms. The topological polar surface area (TPSA) is 79.0 Å². The summed E-state index contributed by atoms with van der Waals surface area (Å²) in [6, 6.07) is 31.2. The molecule has 3 heterocycles. The zero-order chi connectivity index (χ0) is 29.4. The molecule has 43 heavy (non-hydrogen) atoms. The summed E-state index contributed by atoms with van der Waals surface area (Å²) in [7, 11) is 1.68. The van der Waals surface area contributed by atoms with Gasteiger partial charge in [0.2, 0.25) is 0 Å². The summed E-state index contributed by atoms with van der Waals surface area (Å²) in [4.78, 5) is 21.8. The van der Waals surface area contributed by atoms with E-state index in [1.165, 1.54) is 0 Å². The Morgan fingerprint density at radius 1 is 0.860 bits per heavy atom. The predicted molar refractivity (Wildman–Crippen MR) is 172 cm³/mol. The van der Waals surface area contributed by atoms with Crippen molar-refractivity contribution in [2.75, 3.05) is 56.6 Å². The van der Waals surface area contributed by atoms with E-state index in [2.05, 4.69) is 64.1 Å². The molecule has 1 aromatic heterocycles. The average molecular weight is 578 g/mol. The molecule has 1 amide bonds. The second kappa shape index (κ2) is 13.6.